The lowest BCUT2D eigenvalue weighted by Gasteiger charge is -2.32. The highest BCUT2D eigenvalue weighted by molar-refractivity contribution is 5.96. The molecule has 1 fully saturated rings. The topological polar surface area (TPSA) is 84.2 Å². The molecule has 128 valence electrons. The fourth-order valence-corrected chi connectivity index (χ4v) is 2.99. The molecule has 7 heteroatoms. The molecule has 2 aromatic rings. The van der Waals surface area contributed by atoms with Gasteiger partial charge < -0.3 is 14.7 Å². The summed E-state index contributed by atoms with van der Waals surface area (Å²) in [5.41, 5.74) is 1.23. The van der Waals surface area contributed by atoms with Crippen LogP contribution in [0.15, 0.2) is 23.0 Å². The van der Waals surface area contributed by atoms with Crippen LogP contribution in [0.5, 0.6) is 0 Å². The Kier molecular flexibility index (Phi) is 4.78. The van der Waals surface area contributed by atoms with Crippen LogP contribution in [-0.2, 0) is 0 Å². The fourth-order valence-electron chi connectivity index (χ4n) is 2.99. The zero-order chi connectivity index (χ0) is 17.1. The van der Waals surface area contributed by atoms with E-state index in [1.807, 2.05) is 19.9 Å². The second-order valence-corrected chi connectivity index (χ2v) is 6.45. The first-order valence-electron chi connectivity index (χ1n) is 8.35. The molecule has 1 aliphatic heterocycles. The molecule has 1 aliphatic rings. The standard InChI is InChI=1S/C17H23N5O2/c1-11(2)15-14(12(3)21-24-15)16(23)20-13-5-9-22(10-6-13)17-18-7-4-8-19-17/h4,7-8,11,13H,5-6,9-10H2,1-3H3,(H,20,23). The number of anilines is 1. The summed E-state index contributed by atoms with van der Waals surface area (Å²) in [7, 11) is 0. The van der Waals surface area contributed by atoms with E-state index in [0.29, 0.717) is 17.0 Å². The molecule has 0 aliphatic carbocycles. The molecule has 0 bridgehead atoms. The van der Waals surface area contributed by atoms with E-state index in [9.17, 15) is 4.79 Å². The summed E-state index contributed by atoms with van der Waals surface area (Å²) >= 11 is 0. The van der Waals surface area contributed by atoms with E-state index < -0.39 is 0 Å². The third-order valence-electron chi connectivity index (χ3n) is 4.31. The SMILES string of the molecule is Cc1noc(C(C)C)c1C(=O)NC1CCN(c2ncccn2)CC1. The van der Waals surface area contributed by atoms with Gasteiger partial charge in [0.25, 0.3) is 5.91 Å². The molecule has 0 aromatic carbocycles. The molecule has 7 nitrogen and oxygen atoms in total. The number of aromatic nitrogens is 3. The maximum atomic E-state index is 12.6. The van der Waals surface area contributed by atoms with Crippen LogP contribution in [0.3, 0.4) is 0 Å². The number of hydrogen-bond donors (Lipinski definition) is 1. The van der Waals surface area contributed by atoms with Crippen LogP contribution < -0.4 is 10.2 Å². The van der Waals surface area contributed by atoms with Crippen molar-refractivity contribution in [1.82, 2.24) is 20.4 Å². The van der Waals surface area contributed by atoms with E-state index >= 15 is 0 Å². The van der Waals surface area contributed by atoms with Gasteiger partial charge in [0.15, 0.2) is 5.76 Å². The van der Waals surface area contributed by atoms with Gasteiger partial charge >= 0.3 is 0 Å². The average Bonchev–Trinajstić information content (AvgIpc) is 2.98. The van der Waals surface area contributed by atoms with Crippen LogP contribution in [-0.4, -0.2) is 40.2 Å². The van der Waals surface area contributed by atoms with Crippen molar-refractivity contribution in [3.63, 3.8) is 0 Å². The number of carbonyl (C=O) groups excluding carboxylic acids is 1. The minimum atomic E-state index is -0.0909. The average molecular weight is 329 g/mol. The summed E-state index contributed by atoms with van der Waals surface area (Å²) in [6.07, 6.45) is 5.23. The summed E-state index contributed by atoms with van der Waals surface area (Å²) in [5.74, 6) is 1.44. The number of rotatable bonds is 4. The van der Waals surface area contributed by atoms with Crippen LogP contribution >= 0.6 is 0 Å². The predicted molar refractivity (Wildman–Crippen MR) is 90.1 cm³/mol. The Hall–Kier alpha value is -2.44. The zero-order valence-corrected chi connectivity index (χ0v) is 14.3. The Morgan fingerprint density at radius 1 is 1.29 bits per heavy atom. The van der Waals surface area contributed by atoms with Crippen molar-refractivity contribution in [2.24, 2.45) is 0 Å². The second kappa shape index (κ2) is 6.98. The van der Waals surface area contributed by atoms with Gasteiger partial charge in [-0.25, -0.2) is 9.97 Å². The van der Waals surface area contributed by atoms with Crippen molar-refractivity contribution in [1.29, 1.82) is 0 Å². The van der Waals surface area contributed by atoms with Gasteiger partial charge in [0.1, 0.15) is 5.56 Å². The molecular formula is C17H23N5O2. The van der Waals surface area contributed by atoms with Crippen LogP contribution in [0.25, 0.3) is 0 Å². The Labute approximate surface area is 141 Å². The molecule has 24 heavy (non-hydrogen) atoms. The first kappa shape index (κ1) is 16.4. The van der Waals surface area contributed by atoms with E-state index in [1.54, 1.807) is 19.3 Å². The predicted octanol–water partition coefficient (Wildman–Crippen LogP) is 2.30. The van der Waals surface area contributed by atoms with Crippen molar-refractivity contribution >= 4 is 11.9 Å². The Bertz CT molecular complexity index is 690. The van der Waals surface area contributed by atoms with Crippen molar-refractivity contribution < 1.29 is 9.32 Å². The molecule has 1 N–H and O–H groups in total. The van der Waals surface area contributed by atoms with Crippen molar-refractivity contribution in [3.05, 3.63) is 35.5 Å². The van der Waals surface area contributed by atoms with Crippen LogP contribution in [0.2, 0.25) is 0 Å². The third-order valence-corrected chi connectivity index (χ3v) is 4.31. The molecule has 0 spiro atoms. The molecule has 1 saturated heterocycles. The van der Waals surface area contributed by atoms with E-state index in [2.05, 4.69) is 25.3 Å². The first-order valence-corrected chi connectivity index (χ1v) is 8.35. The van der Waals surface area contributed by atoms with Crippen LogP contribution in [0.1, 0.15) is 54.4 Å². The minimum Gasteiger partial charge on any atom is -0.360 e. The number of hydrogen-bond acceptors (Lipinski definition) is 6. The molecule has 0 unspecified atom stereocenters. The van der Waals surface area contributed by atoms with Crippen molar-refractivity contribution in [2.75, 3.05) is 18.0 Å². The van der Waals surface area contributed by atoms with Crippen molar-refractivity contribution in [3.8, 4) is 0 Å². The Balaban J connectivity index is 1.60. The number of carbonyl (C=O) groups is 1. The lowest BCUT2D eigenvalue weighted by atomic mass is 10.0. The summed E-state index contributed by atoms with van der Waals surface area (Å²) in [4.78, 5) is 23.3. The van der Waals surface area contributed by atoms with E-state index in [0.717, 1.165) is 31.9 Å². The molecule has 1 amide bonds. The Morgan fingerprint density at radius 3 is 2.58 bits per heavy atom. The summed E-state index contributed by atoms with van der Waals surface area (Å²) in [6, 6.07) is 1.95. The monoisotopic (exact) mass is 329 g/mol. The fraction of sp³-hybridized carbons (Fsp3) is 0.529. The second-order valence-electron chi connectivity index (χ2n) is 6.45. The van der Waals surface area contributed by atoms with Gasteiger partial charge in [-0.05, 0) is 25.8 Å². The first-order chi connectivity index (χ1) is 11.6. The van der Waals surface area contributed by atoms with E-state index in [-0.39, 0.29) is 17.9 Å². The number of piperidine rings is 1. The van der Waals surface area contributed by atoms with Gasteiger partial charge in [-0.2, -0.15) is 0 Å². The van der Waals surface area contributed by atoms with Crippen LogP contribution in [0.4, 0.5) is 5.95 Å². The molecule has 2 aromatic heterocycles. The maximum Gasteiger partial charge on any atom is 0.257 e. The number of nitrogens with zero attached hydrogens (tertiary/aromatic N) is 4. The zero-order valence-electron chi connectivity index (χ0n) is 14.3. The van der Waals surface area contributed by atoms with Crippen LogP contribution in [0, 0.1) is 6.92 Å². The maximum absolute atomic E-state index is 12.6. The van der Waals surface area contributed by atoms with Gasteiger partial charge in [-0.3, -0.25) is 4.79 Å². The van der Waals surface area contributed by atoms with Gasteiger partial charge in [0.05, 0.1) is 5.69 Å². The molecule has 0 radical (unpaired) electrons. The minimum absolute atomic E-state index is 0.0909. The van der Waals surface area contributed by atoms with Crippen molar-refractivity contribution in [2.45, 2.75) is 45.6 Å². The third kappa shape index (κ3) is 3.39. The highest BCUT2D eigenvalue weighted by atomic mass is 16.5. The highest BCUT2D eigenvalue weighted by Gasteiger charge is 2.27. The smallest absolute Gasteiger partial charge is 0.257 e. The van der Waals surface area contributed by atoms with Gasteiger partial charge in [0, 0.05) is 37.4 Å². The quantitative estimate of drug-likeness (QED) is 0.926. The number of nitrogens with one attached hydrogen (secondary N) is 1. The molecule has 3 heterocycles. The summed E-state index contributed by atoms with van der Waals surface area (Å²) in [6.45, 7) is 7.45. The van der Waals surface area contributed by atoms with Gasteiger partial charge in [0.2, 0.25) is 5.95 Å². The van der Waals surface area contributed by atoms with E-state index in [4.69, 9.17) is 4.52 Å². The van der Waals surface area contributed by atoms with Gasteiger partial charge in [-0.1, -0.05) is 19.0 Å². The largest absolute Gasteiger partial charge is 0.360 e. The Morgan fingerprint density at radius 2 is 1.96 bits per heavy atom. The molecular weight excluding hydrogens is 306 g/mol. The molecule has 3 rings (SSSR count). The summed E-state index contributed by atoms with van der Waals surface area (Å²) in [5, 5.41) is 7.07. The lowest BCUT2D eigenvalue weighted by Crippen LogP contribution is -2.45. The number of aryl methyl sites for hydroxylation is 1. The van der Waals surface area contributed by atoms with Gasteiger partial charge in [-0.15, -0.1) is 0 Å². The normalized spacial score (nSPS) is 15.8. The summed E-state index contributed by atoms with van der Waals surface area (Å²) < 4.78 is 5.31. The van der Waals surface area contributed by atoms with E-state index in [1.165, 1.54) is 0 Å². The lowest BCUT2D eigenvalue weighted by molar-refractivity contribution is 0.0928. The molecule has 0 atom stereocenters. The number of amides is 1. The highest BCUT2D eigenvalue weighted by Crippen LogP contribution is 2.23. The molecule has 0 saturated carbocycles.